The molecule has 20 heavy (non-hydrogen) atoms. The molecule has 3 rings (SSSR count). The lowest BCUT2D eigenvalue weighted by Crippen LogP contribution is -2.30. The second-order valence-electron chi connectivity index (χ2n) is 5.77. The van der Waals surface area contributed by atoms with E-state index in [0.717, 1.165) is 19.6 Å². The average molecular weight is 291 g/mol. The molecule has 3 heteroatoms. The van der Waals surface area contributed by atoms with Gasteiger partial charge in [-0.3, -0.25) is 0 Å². The van der Waals surface area contributed by atoms with Gasteiger partial charge in [-0.1, -0.05) is 25.1 Å². The second kappa shape index (κ2) is 6.86. The zero-order valence-electron chi connectivity index (χ0n) is 12.4. The fraction of sp³-hybridized carbons (Fsp3) is 0.647. The van der Waals surface area contributed by atoms with Crippen LogP contribution in [0.2, 0.25) is 0 Å². The third-order valence-corrected chi connectivity index (χ3v) is 5.71. The molecule has 2 aliphatic rings. The van der Waals surface area contributed by atoms with E-state index in [4.69, 9.17) is 4.74 Å². The summed E-state index contributed by atoms with van der Waals surface area (Å²) in [5.74, 6) is 2.49. The predicted octanol–water partition coefficient (Wildman–Crippen LogP) is 3.95. The van der Waals surface area contributed by atoms with E-state index in [-0.39, 0.29) is 0 Å². The van der Waals surface area contributed by atoms with Crippen molar-refractivity contribution >= 4 is 11.8 Å². The van der Waals surface area contributed by atoms with Crippen LogP contribution in [-0.4, -0.2) is 24.2 Å². The van der Waals surface area contributed by atoms with Crippen molar-refractivity contribution in [2.45, 2.75) is 50.3 Å². The van der Waals surface area contributed by atoms with Crippen LogP contribution in [0.4, 0.5) is 0 Å². The summed E-state index contributed by atoms with van der Waals surface area (Å²) >= 11 is 2.13. The molecule has 0 amide bonds. The van der Waals surface area contributed by atoms with Crippen LogP contribution < -0.4 is 10.1 Å². The minimum absolute atomic E-state index is 0.454. The molecule has 1 aromatic rings. The van der Waals surface area contributed by atoms with E-state index in [1.54, 1.807) is 0 Å². The van der Waals surface area contributed by atoms with Gasteiger partial charge in [0, 0.05) is 16.9 Å². The van der Waals surface area contributed by atoms with Crippen molar-refractivity contribution in [3.63, 3.8) is 0 Å². The highest BCUT2D eigenvalue weighted by Gasteiger charge is 2.30. The highest BCUT2D eigenvalue weighted by atomic mass is 32.2. The molecule has 1 saturated heterocycles. The van der Waals surface area contributed by atoms with Gasteiger partial charge in [0.1, 0.15) is 5.75 Å². The van der Waals surface area contributed by atoms with Gasteiger partial charge in [-0.15, -0.1) is 0 Å². The first-order valence-corrected chi connectivity index (χ1v) is 9.04. The highest BCUT2D eigenvalue weighted by Crippen LogP contribution is 2.41. The summed E-state index contributed by atoms with van der Waals surface area (Å²) in [4.78, 5) is 0. The molecule has 0 saturated carbocycles. The van der Waals surface area contributed by atoms with Crippen molar-refractivity contribution in [1.29, 1.82) is 0 Å². The molecule has 0 aromatic heterocycles. The topological polar surface area (TPSA) is 21.3 Å². The van der Waals surface area contributed by atoms with Gasteiger partial charge in [-0.05, 0) is 50.0 Å². The Bertz CT molecular complexity index is 443. The first kappa shape index (κ1) is 14.3. The van der Waals surface area contributed by atoms with Crippen molar-refractivity contribution in [3.8, 4) is 5.75 Å². The van der Waals surface area contributed by atoms with Crippen LogP contribution in [0, 0.1) is 0 Å². The molecule has 0 bridgehead atoms. The van der Waals surface area contributed by atoms with Gasteiger partial charge >= 0.3 is 0 Å². The molecule has 2 nitrogen and oxygen atoms in total. The summed E-state index contributed by atoms with van der Waals surface area (Å²) in [6, 6.07) is 7.17. The second-order valence-corrected chi connectivity index (χ2v) is 7.12. The maximum atomic E-state index is 6.03. The van der Waals surface area contributed by atoms with Gasteiger partial charge in [0.05, 0.1) is 6.61 Å². The monoisotopic (exact) mass is 291 g/mol. The Balaban J connectivity index is 1.89. The number of nitrogens with one attached hydrogen (secondary N) is 1. The number of hydrogen-bond acceptors (Lipinski definition) is 3. The van der Waals surface area contributed by atoms with E-state index >= 15 is 0 Å². The molecule has 2 aliphatic heterocycles. The molecule has 0 aliphatic carbocycles. The fourth-order valence-electron chi connectivity index (χ4n) is 3.27. The average Bonchev–Trinajstić information content (AvgIpc) is 3.02. The lowest BCUT2D eigenvalue weighted by molar-refractivity contribution is 0.281. The summed E-state index contributed by atoms with van der Waals surface area (Å²) in [6.07, 6.45) is 6.19. The van der Waals surface area contributed by atoms with Crippen LogP contribution in [-0.2, 0) is 6.42 Å². The number of benzene rings is 1. The van der Waals surface area contributed by atoms with Gasteiger partial charge in [-0.2, -0.15) is 11.8 Å². The molecule has 110 valence electrons. The Labute approximate surface area is 126 Å². The number of rotatable bonds is 5. The molecule has 2 atom stereocenters. The molecule has 1 N–H and O–H groups in total. The molecular weight excluding hydrogens is 266 g/mol. The smallest absolute Gasteiger partial charge is 0.127 e. The van der Waals surface area contributed by atoms with Crippen molar-refractivity contribution < 1.29 is 4.74 Å². The van der Waals surface area contributed by atoms with Crippen molar-refractivity contribution in [2.24, 2.45) is 0 Å². The minimum Gasteiger partial charge on any atom is -0.493 e. The van der Waals surface area contributed by atoms with Crippen LogP contribution in [0.15, 0.2) is 18.2 Å². The van der Waals surface area contributed by atoms with Gasteiger partial charge in [0.15, 0.2) is 0 Å². The van der Waals surface area contributed by atoms with Crippen LogP contribution in [0.3, 0.4) is 0 Å². The molecule has 2 heterocycles. The van der Waals surface area contributed by atoms with Crippen molar-refractivity contribution in [3.05, 3.63) is 29.3 Å². The Hall–Kier alpha value is -0.670. The van der Waals surface area contributed by atoms with Crippen LogP contribution >= 0.6 is 11.8 Å². The normalized spacial score (nSPS) is 23.1. The summed E-state index contributed by atoms with van der Waals surface area (Å²) in [5.41, 5.74) is 2.80. The summed E-state index contributed by atoms with van der Waals surface area (Å²) < 4.78 is 6.03. The van der Waals surface area contributed by atoms with E-state index in [1.807, 2.05) is 0 Å². The Morgan fingerprint density at radius 1 is 1.40 bits per heavy atom. The zero-order valence-corrected chi connectivity index (χ0v) is 13.2. The maximum absolute atomic E-state index is 6.03. The lowest BCUT2D eigenvalue weighted by atomic mass is 9.94. The molecule has 2 unspecified atom stereocenters. The number of fused-ring (bicyclic) bond motifs is 1. The Morgan fingerprint density at radius 2 is 2.35 bits per heavy atom. The SMILES string of the molecule is CCCNC(c1cccc2c1OCCC2)C1CCCS1. The van der Waals surface area contributed by atoms with Crippen LogP contribution in [0.5, 0.6) is 5.75 Å². The Morgan fingerprint density at radius 3 is 3.15 bits per heavy atom. The number of hydrogen-bond donors (Lipinski definition) is 1. The highest BCUT2D eigenvalue weighted by molar-refractivity contribution is 8.00. The van der Waals surface area contributed by atoms with Gasteiger partial charge < -0.3 is 10.1 Å². The summed E-state index contributed by atoms with van der Waals surface area (Å²) in [5, 5.41) is 4.48. The maximum Gasteiger partial charge on any atom is 0.127 e. The molecule has 0 radical (unpaired) electrons. The van der Waals surface area contributed by atoms with E-state index < -0.39 is 0 Å². The number of ether oxygens (including phenoxy) is 1. The number of aryl methyl sites for hydroxylation is 1. The van der Waals surface area contributed by atoms with E-state index in [2.05, 4.69) is 42.2 Å². The number of para-hydroxylation sites is 1. The predicted molar refractivity (Wildman–Crippen MR) is 86.8 cm³/mol. The minimum atomic E-state index is 0.454. The van der Waals surface area contributed by atoms with Crippen LogP contribution in [0.1, 0.15) is 49.8 Å². The van der Waals surface area contributed by atoms with Crippen LogP contribution in [0.25, 0.3) is 0 Å². The lowest BCUT2D eigenvalue weighted by Gasteiger charge is -2.29. The zero-order chi connectivity index (χ0) is 13.8. The quantitative estimate of drug-likeness (QED) is 0.887. The molecule has 1 fully saturated rings. The third kappa shape index (κ3) is 2.99. The first-order chi connectivity index (χ1) is 9.90. The standard InChI is InChI=1S/C17H25NOS/c1-2-10-18-16(15-9-5-12-20-15)14-8-3-6-13-7-4-11-19-17(13)14/h3,6,8,15-16,18H,2,4-5,7,9-12H2,1H3. The Kier molecular flexibility index (Phi) is 4.90. The van der Waals surface area contributed by atoms with E-state index in [0.29, 0.717) is 11.3 Å². The fourth-order valence-corrected chi connectivity index (χ4v) is 4.67. The molecular formula is C17H25NOS. The first-order valence-electron chi connectivity index (χ1n) is 7.99. The van der Waals surface area contributed by atoms with Gasteiger partial charge in [0.2, 0.25) is 0 Å². The summed E-state index contributed by atoms with van der Waals surface area (Å²) in [6.45, 7) is 4.20. The largest absolute Gasteiger partial charge is 0.493 e. The third-order valence-electron chi connectivity index (χ3n) is 4.25. The molecule has 0 spiro atoms. The summed E-state index contributed by atoms with van der Waals surface area (Å²) in [7, 11) is 0. The molecule has 1 aromatic carbocycles. The number of thioether (sulfide) groups is 1. The van der Waals surface area contributed by atoms with Crippen molar-refractivity contribution in [1.82, 2.24) is 5.32 Å². The van der Waals surface area contributed by atoms with Gasteiger partial charge in [-0.25, -0.2) is 0 Å². The van der Waals surface area contributed by atoms with E-state index in [1.165, 1.54) is 48.3 Å². The van der Waals surface area contributed by atoms with E-state index in [9.17, 15) is 0 Å². The van der Waals surface area contributed by atoms with Crippen molar-refractivity contribution in [2.75, 3.05) is 18.9 Å². The van der Waals surface area contributed by atoms with Gasteiger partial charge in [0.25, 0.3) is 0 Å².